The van der Waals surface area contributed by atoms with Crippen LogP contribution in [-0.4, -0.2) is 37.3 Å². The number of rotatable bonds is 6. The number of halogens is 2. The molecule has 0 saturated carbocycles. The van der Waals surface area contributed by atoms with Crippen LogP contribution in [0.1, 0.15) is 17.3 Å². The van der Waals surface area contributed by atoms with Crippen LogP contribution in [0.4, 0.5) is 8.78 Å². The van der Waals surface area contributed by atoms with Gasteiger partial charge in [0.1, 0.15) is 5.75 Å². The van der Waals surface area contributed by atoms with Crippen LogP contribution in [0.25, 0.3) is 22.4 Å². The Bertz CT molecular complexity index is 1650. The molecule has 0 aliphatic carbocycles. The second-order valence-electron chi connectivity index (χ2n) is 7.73. The van der Waals surface area contributed by atoms with Crippen LogP contribution < -0.4 is 10.3 Å². The maximum Gasteiger partial charge on any atom is 0.267 e. The minimum absolute atomic E-state index is 0.0534. The van der Waals surface area contributed by atoms with Crippen LogP contribution in [0.2, 0.25) is 0 Å². The normalized spacial score (nSPS) is 12.2. The lowest BCUT2D eigenvalue weighted by Crippen LogP contribution is -2.22. The minimum atomic E-state index is -1.09. The molecule has 3 aromatic carbocycles. The van der Waals surface area contributed by atoms with Gasteiger partial charge in [-0.1, -0.05) is 23.9 Å². The van der Waals surface area contributed by atoms with E-state index in [1.807, 2.05) is 0 Å². The predicted molar refractivity (Wildman–Crippen MR) is 129 cm³/mol. The number of methoxy groups -OCH3 is 1. The molecule has 1 unspecified atom stereocenters. The van der Waals surface area contributed by atoms with E-state index in [4.69, 9.17) is 4.74 Å². The van der Waals surface area contributed by atoms with Gasteiger partial charge in [0.2, 0.25) is 5.78 Å². The van der Waals surface area contributed by atoms with E-state index < -0.39 is 22.7 Å². The molecule has 0 N–H and O–H groups in total. The molecular formula is C25H18F2N4O3S. The molecule has 2 aromatic heterocycles. The maximum absolute atomic E-state index is 13.7. The molecule has 0 aliphatic rings. The molecule has 5 rings (SSSR count). The highest BCUT2D eigenvalue weighted by Gasteiger charge is 2.23. The lowest BCUT2D eigenvalue weighted by Gasteiger charge is -2.13. The average Bonchev–Trinajstić information content (AvgIpc) is 3.29. The Kier molecular flexibility index (Phi) is 5.81. The molecule has 35 heavy (non-hydrogen) atoms. The number of carbonyl (C=O) groups excluding carboxylic acids is 1. The van der Waals surface area contributed by atoms with Gasteiger partial charge < -0.3 is 4.74 Å². The van der Waals surface area contributed by atoms with Gasteiger partial charge in [0.25, 0.3) is 5.56 Å². The zero-order chi connectivity index (χ0) is 24.7. The number of Topliss-reactive ketones (excluding diaryl/α,β-unsaturated/α-hetero) is 1. The van der Waals surface area contributed by atoms with Crippen molar-refractivity contribution < 1.29 is 18.3 Å². The summed E-state index contributed by atoms with van der Waals surface area (Å²) >= 11 is 1.11. The second-order valence-corrected chi connectivity index (χ2v) is 9.03. The van der Waals surface area contributed by atoms with Crippen LogP contribution in [-0.2, 0) is 0 Å². The van der Waals surface area contributed by atoms with Crippen molar-refractivity contribution in [1.29, 1.82) is 0 Å². The van der Waals surface area contributed by atoms with Crippen molar-refractivity contribution >= 4 is 34.2 Å². The summed E-state index contributed by atoms with van der Waals surface area (Å²) in [5.41, 5.74) is 0.935. The lowest BCUT2D eigenvalue weighted by molar-refractivity contribution is 0.0993. The molecule has 0 amide bonds. The largest absolute Gasteiger partial charge is 0.497 e. The summed E-state index contributed by atoms with van der Waals surface area (Å²) in [5.74, 6) is -1.59. The number of hydrogen-bond donors (Lipinski definition) is 0. The number of thioether (sulfide) groups is 1. The van der Waals surface area contributed by atoms with Gasteiger partial charge in [-0.3, -0.25) is 14.0 Å². The van der Waals surface area contributed by atoms with Crippen LogP contribution in [0, 0.1) is 11.6 Å². The number of nitrogens with zero attached hydrogens (tertiary/aromatic N) is 4. The van der Waals surface area contributed by atoms with E-state index in [1.54, 1.807) is 67.0 Å². The Morgan fingerprint density at radius 1 is 1.00 bits per heavy atom. The number of carbonyl (C=O) groups is 1. The number of hydrogen-bond acceptors (Lipinski definition) is 6. The summed E-state index contributed by atoms with van der Waals surface area (Å²) in [6, 6.07) is 17.1. The number of ketones is 1. The molecule has 2 heterocycles. The zero-order valence-corrected chi connectivity index (χ0v) is 19.4. The van der Waals surface area contributed by atoms with Crippen molar-refractivity contribution in [3.63, 3.8) is 0 Å². The Morgan fingerprint density at radius 2 is 1.74 bits per heavy atom. The standard InChI is InChI=1S/C25H18F2N4O3S/c1-14(22(32)15-7-12-19(26)20(27)13-15)35-25-29-28-24-30(16-8-10-17(34-2)11-9-16)23(33)18-5-3-4-6-21(18)31(24)25/h3-14H,1-2H3. The van der Waals surface area contributed by atoms with E-state index >= 15 is 0 Å². The summed E-state index contributed by atoms with van der Waals surface area (Å²) in [6.07, 6.45) is 0. The quantitative estimate of drug-likeness (QED) is 0.253. The molecule has 1 atom stereocenters. The SMILES string of the molecule is COc1ccc(-n2c(=O)c3ccccc3n3c(SC(C)C(=O)c4ccc(F)c(F)c4)nnc23)cc1. The van der Waals surface area contributed by atoms with Crippen molar-refractivity contribution in [2.75, 3.05) is 7.11 Å². The van der Waals surface area contributed by atoms with Crippen LogP contribution in [0.5, 0.6) is 5.75 Å². The first-order valence-corrected chi connectivity index (χ1v) is 11.5. The summed E-state index contributed by atoms with van der Waals surface area (Å²) in [5, 5.41) is 8.65. The van der Waals surface area contributed by atoms with E-state index in [9.17, 15) is 18.4 Å². The molecule has 0 bridgehead atoms. The van der Waals surface area contributed by atoms with Gasteiger partial charge in [-0.2, -0.15) is 0 Å². The van der Waals surface area contributed by atoms with E-state index in [0.29, 0.717) is 27.5 Å². The molecule has 176 valence electrons. The Morgan fingerprint density at radius 3 is 2.46 bits per heavy atom. The Hall–Kier alpha value is -4.05. The Labute approximate surface area is 202 Å². The molecule has 7 nitrogen and oxygen atoms in total. The minimum Gasteiger partial charge on any atom is -0.497 e. The highest BCUT2D eigenvalue weighted by Crippen LogP contribution is 2.28. The van der Waals surface area contributed by atoms with Crippen molar-refractivity contribution in [2.45, 2.75) is 17.3 Å². The summed E-state index contributed by atoms with van der Waals surface area (Å²) in [6.45, 7) is 1.65. The molecular weight excluding hydrogens is 474 g/mol. The summed E-state index contributed by atoms with van der Waals surface area (Å²) in [4.78, 5) is 26.3. The predicted octanol–water partition coefficient (Wildman–Crippen LogP) is 4.68. The number of fused-ring (bicyclic) bond motifs is 3. The van der Waals surface area contributed by atoms with E-state index in [-0.39, 0.29) is 16.9 Å². The number of aromatic nitrogens is 4. The van der Waals surface area contributed by atoms with Crippen molar-refractivity contribution in [3.05, 3.63) is 94.3 Å². The summed E-state index contributed by atoms with van der Waals surface area (Å²) in [7, 11) is 1.56. The van der Waals surface area contributed by atoms with Gasteiger partial charge in [0.15, 0.2) is 22.6 Å². The van der Waals surface area contributed by atoms with Gasteiger partial charge in [-0.25, -0.2) is 13.3 Å². The fraction of sp³-hybridized carbons (Fsp3) is 0.120. The second kappa shape index (κ2) is 8.95. The molecule has 0 aliphatic heterocycles. The van der Waals surface area contributed by atoms with E-state index in [1.165, 1.54) is 10.6 Å². The van der Waals surface area contributed by atoms with Gasteiger partial charge in [-0.15, -0.1) is 10.2 Å². The van der Waals surface area contributed by atoms with Crippen LogP contribution in [0.3, 0.4) is 0 Å². The maximum atomic E-state index is 13.7. The monoisotopic (exact) mass is 492 g/mol. The molecule has 0 saturated heterocycles. The molecule has 0 radical (unpaired) electrons. The van der Waals surface area contributed by atoms with Crippen molar-refractivity contribution in [1.82, 2.24) is 19.2 Å². The van der Waals surface area contributed by atoms with Gasteiger partial charge in [0, 0.05) is 5.56 Å². The number of para-hydroxylation sites is 1. The summed E-state index contributed by atoms with van der Waals surface area (Å²) < 4.78 is 35.3. The highest BCUT2D eigenvalue weighted by atomic mass is 32.2. The molecule has 0 spiro atoms. The van der Waals surface area contributed by atoms with Gasteiger partial charge in [-0.05, 0) is 61.5 Å². The number of ether oxygens (including phenoxy) is 1. The third kappa shape index (κ3) is 3.95. The third-order valence-corrected chi connectivity index (χ3v) is 6.62. The van der Waals surface area contributed by atoms with E-state index in [0.717, 1.165) is 23.9 Å². The highest BCUT2D eigenvalue weighted by molar-refractivity contribution is 8.00. The average molecular weight is 493 g/mol. The zero-order valence-electron chi connectivity index (χ0n) is 18.6. The molecule has 10 heteroatoms. The van der Waals surface area contributed by atoms with E-state index in [2.05, 4.69) is 10.2 Å². The smallest absolute Gasteiger partial charge is 0.267 e. The molecule has 0 fully saturated rings. The van der Waals surface area contributed by atoms with Crippen molar-refractivity contribution in [3.8, 4) is 11.4 Å². The first-order valence-electron chi connectivity index (χ1n) is 10.6. The number of benzene rings is 3. The fourth-order valence-corrected chi connectivity index (χ4v) is 4.75. The first-order chi connectivity index (χ1) is 16.9. The topological polar surface area (TPSA) is 78.5 Å². The first kappa shape index (κ1) is 22.7. The van der Waals surface area contributed by atoms with Gasteiger partial charge >= 0.3 is 0 Å². The van der Waals surface area contributed by atoms with Crippen molar-refractivity contribution in [2.24, 2.45) is 0 Å². The van der Waals surface area contributed by atoms with Crippen LogP contribution in [0.15, 0.2) is 76.7 Å². The van der Waals surface area contributed by atoms with Crippen LogP contribution >= 0.6 is 11.8 Å². The van der Waals surface area contributed by atoms with Gasteiger partial charge in [0.05, 0.1) is 29.0 Å². The fourth-order valence-electron chi connectivity index (χ4n) is 3.81. The third-order valence-electron chi connectivity index (χ3n) is 5.58. The Balaban J connectivity index is 1.63. The molecule has 5 aromatic rings. The lowest BCUT2D eigenvalue weighted by atomic mass is 10.1.